The highest BCUT2D eigenvalue weighted by atomic mass is 32.1. The number of thiazole rings is 1. The van der Waals surface area contributed by atoms with E-state index in [2.05, 4.69) is 4.98 Å². The molecule has 0 aliphatic heterocycles. The van der Waals surface area contributed by atoms with Crippen molar-refractivity contribution in [1.29, 1.82) is 0 Å². The Morgan fingerprint density at radius 1 is 1.42 bits per heavy atom. The molecule has 1 aromatic carbocycles. The summed E-state index contributed by atoms with van der Waals surface area (Å²) in [6.07, 6.45) is 0.274. The summed E-state index contributed by atoms with van der Waals surface area (Å²) in [5.74, 6) is 0.604. The lowest BCUT2D eigenvalue weighted by Crippen LogP contribution is -2.11. The normalized spacial score (nSPS) is 10.7. The molecule has 1 heterocycles. The van der Waals surface area contributed by atoms with Gasteiger partial charge in [-0.25, -0.2) is 4.98 Å². The average molecular weight is 276 g/mol. The van der Waals surface area contributed by atoms with Crippen molar-refractivity contribution in [3.8, 4) is 5.75 Å². The first kappa shape index (κ1) is 13.5. The van der Waals surface area contributed by atoms with Gasteiger partial charge in [0.25, 0.3) is 0 Å². The highest BCUT2D eigenvalue weighted by molar-refractivity contribution is 7.13. The minimum Gasteiger partial charge on any atom is -0.490 e. The van der Waals surface area contributed by atoms with E-state index in [4.69, 9.17) is 10.5 Å². The molecule has 0 radical (unpaired) electrons. The van der Waals surface area contributed by atoms with E-state index in [-0.39, 0.29) is 18.3 Å². The number of ether oxygens (including phenoxy) is 1. The SMILES string of the molecule is CC(C)Oc1ccccc1C(=O)Cc1csc(N)n1. The number of ketones is 1. The van der Waals surface area contributed by atoms with Crippen LogP contribution in [-0.4, -0.2) is 16.9 Å². The number of hydrogen-bond acceptors (Lipinski definition) is 5. The average Bonchev–Trinajstić information content (AvgIpc) is 2.74. The van der Waals surface area contributed by atoms with Crippen LogP contribution in [0.25, 0.3) is 0 Å². The van der Waals surface area contributed by atoms with Crippen LogP contribution in [0.1, 0.15) is 29.9 Å². The largest absolute Gasteiger partial charge is 0.490 e. The van der Waals surface area contributed by atoms with Crippen LogP contribution < -0.4 is 10.5 Å². The molecular weight excluding hydrogens is 260 g/mol. The molecule has 2 rings (SSSR count). The first-order valence-electron chi connectivity index (χ1n) is 6.05. The molecule has 1 aromatic heterocycles. The lowest BCUT2D eigenvalue weighted by atomic mass is 10.1. The van der Waals surface area contributed by atoms with Crippen LogP contribution in [0.5, 0.6) is 5.75 Å². The number of carbonyl (C=O) groups is 1. The molecule has 0 atom stereocenters. The maximum absolute atomic E-state index is 12.3. The fourth-order valence-electron chi connectivity index (χ4n) is 1.72. The van der Waals surface area contributed by atoms with Crippen LogP contribution in [0, 0.1) is 0 Å². The van der Waals surface area contributed by atoms with Crippen molar-refractivity contribution < 1.29 is 9.53 Å². The number of anilines is 1. The molecule has 0 saturated carbocycles. The molecule has 5 heteroatoms. The summed E-state index contributed by atoms with van der Waals surface area (Å²) in [4.78, 5) is 16.4. The fraction of sp³-hybridized carbons (Fsp3) is 0.286. The molecule has 19 heavy (non-hydrogen) atoms. The second-order valence-electron chi connectivity index (χ2n) is 4.44. The molecule has 4 nitrogen and oxygen atoms in total. The maximum Gasteiger partial charge on any atom is 0.180 e. The van der Waals surface area contributed by atoms with Crippen LogP contribution in [0.15, 0.2) is 29.6 Å². The van der Waals surface area contributed by atoms with E-state index in [1.54, 1.807) is 11.4 Å². The van der Waals surface area contributed by atoms with Crippen molar-refractivity contribution in [3.63, 3.8) is 0 Å². The van der Waals surface area contributed by atoms with Crippen LogP contribution in [-0.2, 0) is 6.42 Å². The van der Waals surface area contributed by atoms with E-state index in [0.717, 1.165) is 0 Å². The quantitative estimate of drug-likeness (QED) is 0.853. The third kappa shape index (κ3) is 3.54. The summed E-state index contributed by atoms with van der Waals surface area (Å²) in [6.45, 7) is 3.87. The van der Waals surface area contributed by atoms with Gasteiger partial charge in [-0.05, 0) is 26.0 Å². The zero-order valence-corrected chi connectivity index (χ0v) is 11.7. The summed E-state index contributed by atoms with van der Waals surface area (Å²) in [5, 5.41) is 2.29. The predicted molar refractivity (Wildman–Crippen MR) is 76.8 cm³/mol. The minimum atomic E-state index is -0.0125. The molecular formula is C14H16N2O2S. The van der Waals surface area contributed by atoms with Crippen molar-refractivity contribution >= 4 is 22.3 Å². The monoisotopic (exact) mass is 276 g/mol. The molecule has 0 fully saturated rings. The predicted octanol–water partition coefficient (Wildman–Crippen LogP) is 2.94. The Labute approximate surface area is 116 Å². The smallest absolute Gasteiger partial charge is 0.180 e. The second kappa shape index (κ2) is 5.84. The van der Waals surface area contributed by atoms with Gasteiger partial charge in [0.05, 0.1) is 23.8 Å². The van der Waals surface area contributed by atoms with Gasteiger partial charge in [-0.1, -0.05) is 12.1 Å². The van der Waals surface area contributed by atoms with Gasteiger partial charge in [-0.3, -0.25) is 4.79 Å². The van der Waals surface area contributed by atoms with E-state index in [1.807, 2.05) is 32.0 Å². The Hall–Kier alpha value is -1.88. The Bertz CT molecular complexity index is 578. The number of para-hydroxylation sites is 1. The second-order valence-corrected chi connectivity index (χ2v) is 5.33. The zero-order valence-electron chi connectivity index (χ0n) is 10.9. The van der Waals surface area contributed by atoms with Crippen molar-refractivity contribution in [2.45, 2.75) is 26.4 Å². The third-order valence-electron chi connectivity index (χ3n) is 2.46. The first-order chi connectivity index (χ1) is 9.06. The lowest BCUT2D eigenvalue weighted by molar-refractivity contribution is 0.0986. The van der Waals surface area contributed by atoms with Crippen molar-refractivity contribution in [2.75, 3.05) is 5.73 Å². The molecule has 2 aromatic rings. The van der Waals surface area contributed by atoms with Crippen molar-refractivity contribution in [3.05, 3.63) is 40.9 Å². The van der Waals surface area contributed by atoms with Gasteiger partial charge in [0.1, 0.15) is 5.75 Å². The van der Waals surface area contributed by atoms with E-state index in [0.29, 0.717) is 22.1 Å². The Balaban J connectivity index is 2.18. The molecule has 0 aliphatic carbocycles. The number of carbonyl (C=O) groups excluding carboxylic acids is 1. The Morgan fingerprint density at radius 2 is 2.16 bits per heavy atom. The van der Waals surface area contributed by atoms with E-state index in [1.165, 1.54) is 11.3 Å². The number of Topliss-reactive ketones (excluding diaryl/α,β-unsaturated/α-hetero) is 1. The number of aromatic nitrogens is 1. The molecule has 100 valence electrons. The highest BCUT2D eigenvalue weighted by Gasteiger charge is 2.14. The first-order valence-corrected chi connectivity index (χ1v) is 6.93. The van der Waals surface area contributed by atoms with Gasteiger partial charge in [0, 0.05) is 5.38 Å². The molecule has 0 spiro atoms. The Kier molecular flexibility index (Phi) is 4.16. The van der Waals surface area contributed by atoms with Gasteiger partial charge in [-0.2, -0.15) is 0 Å². The topological polar surface area (TPSA) is 65.2 Å². The van der Waals surface area contributed by atoms with Gasteiger partial charge in [0.15, 0.2) is 10.9 Å². The van der Waals surface area contributed by atoms with Gasteiger partial charge in [0.2, 0.25) is 0 Å². The molecule has 0 unspecified atom stereocenters. The standard InChI is InChI=1S/C14H16N2O2S/c1-9(2)18-13-6-4-3-5-11(13)12(17)7-10-8-19-14(15)16-10/h3-6,8-9H,7H2,1-2H3,(H2,15,16). The summed E-state index contributed by atoms with van der Waals surface area (Å²) in [7, 11) is 0. The van der Waals surface area contributed by atoms with Gasteiger partial charge >= 0.3 is 0 Å². The lowest BCUT2D eigenvalue weighted by Gasteiger charge is -2.13. The van der Waals surface area contributed by atoms with Crippen LogP contribution in [0.4, 0.5) is 5.13 Å². The Morgan fingerprint density at radius 3 is 2.79 bits per heavy atom. The number of rotatable bonds is 5. The van der Waals surface area contributed by atoms with Crippen molar-refractivity contribution in [2.24, 2.45) is 0 Å². The van der Waals surface area contributed by atoms with Crippen molar-refractivity contribution in [1.82, 2.24) is 4.98 Å². The summed E-state index contributed by atoms with van der Waals surface area (Å²) in [5.41, 5.74) is 6.85. The van der Waals surface area contributed by atoms with Crippen LogP contribution in [0.3, 0.4) is 0 Å². The van der Waals surface area contributed by atoms with E-state index < -0.39 is 0 Å². The number of hydrogen-bond donors (Lipinski definition) is 1. The van der Waals surface area contributed by atoms with E-state index >= 15 is 0 Å². The minimum absolute atomic E-state index is 0.0125. The fourth-order valence-corrected chi connectivity index (χ4v) is 2.28. The number of nitrogen functional groups attached to an aromatic ring is 1. The molecule has 0 bridgehead atoms. The molecule has 0 aliphatic rings. The van der Waals surface area contributed by atoms with Gasteiger partial charge < -0.3 is 10.5 Å². The maximum atomic E-state index is 12.3. The number of nitrogens with zero attached hydrogens (tertiary/aromatic N) is 1. The molecule has 0 amide bonds. The zero-order chi connectivity index (χ0) is 13.8. The van der Waals surface area contributed by atoms with E-state index in [9.17, 15) is 4.79 Å². The van der Waals surface area contributed by atoms with Gasteiger partial charge in [-0.15, -0.1) is 11.3 Å². The third-order valence-corrected chi connectivity index (χ3v) is 3.18. The molecule has 0 saturated heterocycles. The molecule has 2 N–H and O–H groups in total. The van der Waals surface area contributed by atoms with Crippen LogP contribution >= 0.6 is 11.3 Å². The summed E-state index contributed by atoms with van der Waals surface area (Å²) >= 11 is 1.34. The number of benzene rings is 1. The summed E-state index contributed by atoms with van der Waals surface area (Å²) < 4.78 is 5.65. The van der Waals surface area contributed by atoms with Crippen LogP contribution in [0.2, 0.25) is 0 Å². The highest BCUT2D eigenvalue weighted by Crippen LogP contribution is 2.22. The summed E-state index contributed by atoms with van der Waals surface area (Å²) in [6, 6.07) is 7.27. The number of nitrogens with two attached hydrogens (primary N) is 1.